The highest BCUT2D eigenvalue weighted by Crippen LogP contribution is 1.93. The van der Waals surface area contributed by atoms with Gasteiger partial charge in [-0.05, 0) is 12.5 Å². The summed E-state index contributed by atoms with van der Waals surface area (Å²) in [6, 6.07) is 0. The molecule has 0 atom stereocenters. The lowest BCUT2D eigenvalue weighted by molar-refractivity contribution is -0.115. The lowest BCUT2D eigenvalue weighted by Crippen LogP contribution is -2.25. The van der Waals surface area contributed by atoms with Gasteiger partial charge < -0.3 is 0 Å². The second-order valence-electron chi connectivity index (χ2n) is 2.32. The Kier molecular flexibility index (Phi) is 4.08. The van der Waals surface area contributed by atoms with Crippen molar-refractivity contribution in [1.29, 1.82) is 0 Å². The van der Waals surface area contributed by atoms with Gasteiger partial charge in [0.25, 0.3) is 0 Å². The Morgan fingerprint density at radius 2 is 2.08 bits per heavy atom. The van der Waals surface area contributed by atoms with E-state index in [9.17, 15) is 13.2 Å². The molecule has 0 saturated carbocycles. The minimum atomic E-state index is -4.18. The SMILES string of the molecule is C=C(C)C(=O)CCNS(=O)(=O)O. The van der Waals surface area contributed by atoms with Crippen molar-refractivity contribution in [3.05, 3.63) is 12.2 Å². The summed E-state index contributed by atoms with van der Waals surface area (Å²) in [5.41, 5.74) is 0.368. The molecular weight excluding hydrogens is 182 g/mol. The van der Waals surface area contributed by atoms with E-state index < -0.39 is 10.3 Å². The molecule has 0 fully saturated rings. The van der Waals surface area contributed by atoms with Crippen molar-refractivity contribution < 1.29 is 17.8 Å². The lowest BCUT2D eigenvalue weighted by Gasteiger charge is -1.99. The zero-order valence-corrected chi connectivity index (χ0v) is 7.52. The standard InChI is InChI=1S/C6H11NO4S/c1-5(2)6(8)3-4-7-12(9,10)11/h7H,1,3-4H2,2H3,(H,9,10,11). The summed E-state index contributed by atoms with van der Waals surface area (Å²) in [5, 5.41) is 0. The summed E-state index contributed by atoms with van der Waals surface area (Å²) in [7, 11) is -4.18. The summed E-state index contributed by atoms with van der Waals surface area (Å²) in [6.45, 7) is 4.81. The van der Waals surface area contributed by atoms with Gasteiger partial charge in [-0.15, -0.1) is 0 Å². The molecule has 0 amide bonds. The van der Waals surface area contributed by atoms with Crippen molar-refractivity contribution in [3.8, 4) is 0 Å². The summed E-state index contributed by atoms with van der Waals surface area (Å²) in [4.78, 5) is 10.8. The van der Waals surface area contributed by atoms with Gasteiger partial charge in [0.2, 0.25) is 0 Å². The molecule has 12 heavy (non-hydrogen) atoms. The second-order valence-corrected chi connectivity index (χ2v) is 3.56. The van der Waals surface area contributed by atoms with Crippen molar-refractivity contribution in [1.82, 2.24) is 4.72 Å². The van der Waals surface area contributed by atoms with Gasteiger partial charge in [0.15, 0.2) is 5.78 Å². The summed E-state index contributed by atoms with van der Waals surface area (Å²) in [6.07, 6.45) is 0.00905. The Labute approximate surface area is 71.3 Å². The molecule has 0 aromatic carbocycles. The van der Waals surface area contributed by atoms with Crippen LogP contribution < -0.4 is 4.72 Å². The molecule has 0 aliphatic carbocycles. The van der Waals surface area contributed by atoms with E-state index in [1.165, 1.54) is 6.92 Å². The first-order valence-corrected chi connectivity index (χ1v) is 4.67. The quantitative estimate of drug-likeness (QED) is 0.472. The van der Waals surface area contributed by atoms with Crippen LogP contribution in [0, 0.1) is 0 Å². The third-order valence-electron chi connectivity index (χ3n) is 1.11. The first-order valence-electron chi connectivity index (χ1n) is 3.23. The van der Waals surface area contributed by atoms with Gasteiger partial charge in [0.1, 0.15) is 0 Å². The summed E-state index contributed by atoms with van der Waals surface area (Å²) < 4.78 is 30.2. The molecular formula is C6H11NO4S. The van der Waals surface area contributed by atoms with E-state index in [4.69, 9.17) is 4.55 Å². The fourth-order valence-corrected chi connectivity index (χ4v) is 0.867. The smallest absolute Gasteiger partial charge is 0.295 e. The Bertz CT molecular complexity index is 280. The van der Waals surface area contributed by atoms with E-state index >= 15 is 0 Å². The van der Waals surface area contributed by atoms with E-state index in [1.807, 2.05) is 0 Å². The average Bonchev–Trinajstić information content (AvgIpc) is 1.84. The van der Waals surface area contributed by atoms with Gasteiger partial charge in [-0.1, -0.05) is 6.58 Å². The zero-order chi connectivity index (χ0) is 9.78. The highest BCUT2D eigenvalue weighted by molar-refractivity contribution is 7.83. The number of ketones is 1. The largest absolute Gasteiger partial charge is 0.333 e. The molecule has 0 radical (unpaired) electrons. The maximum absolute atomic E-state index is 10.8. The van der Waals surface area contributed by atoms with Crippen LogP contribution in [-0.2, 0) is 15.1 Å². The van der Waals surface area contributed by atoms with Crippen LogP contribution in [0.3, 0.4) is 0 Å². The second kappa shape index (κ2) is 4.34. The van der Waals surface area contributed by atoms with Crippen molar-refractivity contribution in [3.63, 3.8) is 0 Å². The van der Waals surface area contributed by atoms with Crippen LogP contribution in [0.1, 0.15) is 13.3 Å². The molecule has 0 aliphatic heterocycles. The number of carbonyl (C=O) groups excluding carboxylic acids is 1. The first kappa shape index (κ1) is 11.3. The molecule has 70 valence electrons. The van der Waals surface area contributed by atoms with Gasteiger partial charge in [0, 0.05) is 13.0 Å². The average molecular weight is 193 g/mol. The molecule has 0 bridgehead atoms. The van der Waals surface area contributed by atoms with Crippen LogP contribution >= 0.6 is 0 Å². The maximum atomic E-state index is 10.8. The van der Waals surface area contributed by atoms with E-state index in [0.29, 0.717) is 5.57 Å². The third-order valence-corrected chi connectivity index (χ3v) is 1.68. The minimum Gasteiger partial charge on any atom is -0.295 e. The van der Waals surface area contributed by atoms with E-state index in [1.54, 1.807) is 4.72 Å². The van der Waals surface area contributed by atoms with E-state index in [0.717, 1.165) is 0 Å². The number of allylic oxidation sites excluding steroid dienone is 1. The van der Waals surface area contributed by atoms with Gasteiger partial charge in [-0.2, -0.15) is 13.1 Å². The molecule has 2 N–H and O–H groups in total. The Morgan fingerprint density at radius 3 is 2.42 bits per heavy atom. The fraction of sp³-hybridized carbons (Fsp3) is 0.500. The number of carbonyl (C=O) groups is 1. The highest BCUT2D eigenvalue weighted by atomic mass is 32.2. The number of hydrogen-bond acceptors (Lipinski definition) is 3. The molecule has 0 spiro atoms. The molecule has 5 nitrogen and oxygen atoms in total. The van der Waals surface area contributed by atoms with Gasteiger partial charge in [-0.25, -0.2) is 0 Å². The molecule has 0 aromatic heterocycles. The van der Waals surface area contributed by atoms with Crippen LogP contribution in [0.25, 0.3) is 0 Å². The summed E-state index contributed by atoms with van der Waals surface area (Å²) >= 11 is 0. The normalized spacial score (nSPS) is 11.2. The lowest BCUT2D eigenvalue weighted by atomic mass is 10.2. The predicted molar refractivity (Wildman–Crippen MR) is 44.0 cm³/mol. The van der Waals surface area contributed by atoms with Crippen molar-refractivity contribution in [2.24, 2.45) is 0 Å². The first-order chi connectivity index (χ1) is 5.33. The number of Topliss-reactive ketones (excluding diaryl/α,β-unsaturated/α-hetero) is 1. The van der Waals surface area contributed by atoms with Crippen LogP contribution in [0.2, 0.25) is 0 Å². The number of nitrogens with one attached hydrogen (secondary N) is 1. The Hall–Kier alpha value is -0.720. The molecule has 0 unspecified atom stereocenters. The Balaban J connectivity index is 3.73. The zero-order valence-electron chi connectivity index (χ0n) is 6.70. The molecule has 0 rings (SSSR count). The van der Waals surface area contributed by atoms with Crippen molar-refractivity contribution in [2.75, 3.05) is 6.54 Å². The van der Waals surface area contributed by atoms with Crippen LogP contribution in [-0.4, -0.2) is 25.3 Å². The number of hydrogen-bond donors (Lipinski definition) is 2. The summed E-state index contributed by atoms with van der Waals surface area (Å²) in [5.74, 6) is -0.230. The van der Waals surface area contributed by atoms with Crippen molar-refractivity contribution in [2.45, 2.75) is 13.3 Å². The van der Waals surface area contributed by atoms with E-state index in [-0.39, 0.29) is 18.7 Å². The number of rotatable bonds is 5. The molecule has 0 heterocycles. The van der Waals surface area contributed by atoms with E-state index in [2.05, 4.69) is 6.58 Å². The van der Waals surface area contributed by atoms with Gasteiger partial charge in [-0.3, -0.25) is 9.35 Å². The topological polar surface area (TPSA) is 83.5 Å². The Morgan fingerprint density at radius 1 is 1.58 bits per heavy atom. The van der Waals surface area contributed by atoms with Crippen LogP contribution in [0.15, 0.2) is 12.2 Å². The predicted octanol–water partition coefficient (Wildman–Crippen LogP) is -0.0859. The van der Waals surface area contributed by atoms with Crippen molar-refractivity contribution >= 4 is 16.1 Å². The van der Waals surface area contributed by atoms with Gasteiger partial charge in [0.05, 0.1) is 0 Å². The molecule has 0 saturated heterocycles. The monoisotopic (exact) mass is 193 g/mol. The maximum Gasteiger partial charge on any atom is 0.333 e. The fourth-order valence-electron chi connectivity index (χ4n) is 0.507. The molecule has 6 heteroatoms. The highest BCUT2D eigenvalue weighted by Gasteiger charge is 2.05. The molecule has 0 aliphatic rings. The molecule has 0 aromatic rings. The minimum absolute atomic E-state index is 0.00905. The van der Waals surface area contributed by atoms with Crippen LogP contribution in [0.5, 0.6) is 0 Å². The van der Waals surface area contributed by atoms with Gasteiger partial charge >= 0.3 is 10.3 Å². The van der Waals surface area contributed by atoms with Crippen LogP contribution in [0.4, 0.5) is 0 Å². The third kappa shape index (κ3) is 6.02.